The molecule has 2 aromatic heterocycles. The molecule has 1 aliphatic rings. The molecule has 1 aliphatic heterocycles. The predicted octanol–water partition coefficient (Wildman–Crippen LogP) is 1.31. The summed E-state index contributed by atoms with van der Waals surface area (Å²) in [6.07, 6.45) is 2.38. The Morgan fingerprint density at radius 3 is 2.92 bits per heavy atom. The van der Waals surface area contributed by atoms with Gasteiger partial charge >= 0.3 is 0 Å². The van der Waals surface area contributed by atoms with Gasteiger partial charge < -0.3 is 14.2 Å². The van der Waals surface area contributed by atoms with Crippen molar-refractivity contribution in [2.24, 2.45) is 0 Å². The summed E-state index contributed by atoms with van der Waals surface area (Å²) in [5.74, 6) is -0.0605. The molecule has 0 N–H and O–H groups in total. The monoisotopic (exact) mass is 340 g/mol. The van der Waals surface area contributed by atoms with E-state index in [0.29, 0.717) is 17.6 Å². The van der Waals surface area contributed by atoms with Crippen LogP contribution in [0.5, 0.6) is 0 Å². The van der Waals surface area contributed by atoms with Crippen LogP contribution in [0.15, 0.2) is 39.8 Å². The van der Waals surface area contributed by atoms with Gasteiger partial charge in [0.15, 0.2) is 0 Å². The zero-order valence-electron chi connectivity index (χ0n) is 14.1. The van der Waals surface area contributed by atoms with Crippen molar-refractivity contribution < 1.29 is 9.21 Å². The smallest absolute Gasteiger partial charge is 0.297 e. The number of fused-ring (bicyclic) bond motifs is 3. The number of likely N-dealkylation sites (N-methyl/N-ethyl adjacent to an activating group) is 1. The number of benzene rings is 1. The van der Waals surface area contributed by atoms with Gasteiger partial charge in [-0.25, -0.2) is 4.98 Å². The Kier molecular flexibility index (Phi) is 4.01. The van der Waals surface area contributed by atoms with Gasteiger partial charge in [-0.15, -0.1) is 0 Å². The molecule has 0 aliphatic carbocycles. The maximum Gasteiger partial charge on any atom is 0.297 e. The van der Waals surface area contributed by atoms with Crippen molar-refractivity contribution in [1.29, 1.82) is 0 Å². The molecule has 1 fully saturated rings. The fraction of sp³-hybridized carbons (Fsp3) is 0.389. The van der Waals surface area contributed by atoms with Gasteiger partial charge in [-0.2, -0.15) is 0 Å². The van der Waals surface area contributed by atoms with Gasteiger partial charge in [0.25, 0.3) is 5.56 Å². The van der Waals surface area contributed by atoms with Crippen LogP contribution in [0.3, 0.4) is 0 Å². The molecule has 1 amide bonds. The molecule has 1 saturated heterocycles. The summed E-state index contributed by atoms with van der Waals surface area (Å²) in [4.78, 5) is 33.6. The quantitative estimate of drug-likeness (QED) is 0.703. The highest BCUT2D eigenvalue weighted by molar-refractivity contribution is 6.01. The lowest BCUT2D eigenvalue weighted by Crippen LogP contribution is -2.38. The van der Waals surface area contributed by atoms with Crippen LogP contribution >= 0.6 is 0 Å². The van der Waals surface area contributed by atoms with E-state index >= 15 is 0 Å². The molecule has 7 nitrogen and oxygen atoms in total. The molecule has 0 bridgehead atoms. The molecule has 0 saturated carbocycles. The van der Waals surface area contributed by atoms with Crippen molar-refractivity contribution in [3.63, 3.8) is 0 Å². The summed E-state index contributed by atoms with van der Waals surface area (Å²) >= 11 is 0. The van der Waals surface area contributed by atoms with Crippen LogP contribution < -0.4 is 5.56 Å². The summed E-state index contributed by atoms with van der Waals surface area (Å²) in [5, 5.41) is 0.809. The number of hydrogen-bond donors (Lipinski definition) is 0. The van der Waals surface area contributed by atoms with Gasteiger partial charge in [0.2, 0.25) is 11.5 Å². The Morgan fingerprint density at radius 2 is 2.04 bits per heavy atom. The summed E-state index contributed by atoms with van der Waals surface area (Å²) in [7, 11) is 2.05. The van der Waals surface area contributed by atoms with Crippen LogP contribution in [0, 0.1) is 0 Å². The minimum Gasteiger partial charge on any atom is -0.448 e. The first-order valence-electron chi connectivity index (χ1n) is 8.46. The molecule has 0 atom stereocenters. The molecule has 3 heterocycles. The van der Waals surface area contributed by atoms with Crippen molar-refractivity contribution in [3.8, 4) is 0 Å². The summed E-state index contributed by atoms with van der Waals surface area (Å²) < 4.78 is 6.99. The first-order chi connectivity index (χ1) is 12.1. The average molecular weight is 340 g/mol. The number of nitrogens with zero attached hydrogens (tertiary/aromatic N) is 4. The molecule has 0 radical (unpaired) electrons. The van der Waals surface area contributed by atoms with Gasteiger partial charge in [0, 0.05) is 25.0 Å². The zero-order valence-corrected chi connectivity index (χ0v) is 14.1. The minimum atomic E-state index is -0.318. The number of para-hydroxylation sites is 1. The highest BCUT2D eigenvalue weighted by Crippen LogP contribution is 2.24. The largest absolute Gasteiger partial charge is 0.448 e. The number of rotatable bonds is 2. The molecule has 0 unspecified atom stereocenters. The van der Waals surface area contributed by atoms with Gasteiger partial charge in [0.1, 0.15) is 17.6 Å². The van der Waals surface area contributed by atoms with Crippen LogP contribution in [0.4, 0.5) is 0 Å². The topological polar surface area (TPSA) is 71.6 Å². The number of aromatic nitrogens is 2. The van der Waals surface area contributed by atoms with E-state index in [9.17, 15) is 9.59 Å². The average Bonchev–Trinajstić information content (AvgIpc) is 2.85. The van der Waals surface area contributed by atoms with Crippen LogP contribution in [0.1, 0.15) is 6.42 Å². The van der Waals surface area contributed by atoms with Crippen molar-refractivity contribution in [1.82, 2.24) is 19.4 Å². The van der Waals surface area contributed by atoms with Crippen LogP contribution in [0.2, 0.25) is 0 Å². The lowest BCUT2D eigenvalue weighted by molar-refractivity contribution is -0.131. The van der Waals surface area contributed by atoms with E-state index < -0.39 is 0 Å². The van der Waals surface area contributed by atoms with Crippen molar-refractivity contribution >= 4 is 28.0 Å². The standard InChI is InChI=1S/C18H20N4O3/c1-20-7-4-8-21(10-9-20)15(23)11-22-12-19-16-13-5-2-3-6-14(13)25-17(16)18(22)24/h2-3,5-6,12H,4,7-11H2,1H3. The van der Waals surface area contributed by atoms with Gasteiger partial charge in [-0.1, -0.05) is 12.1 Å². The fourth-order valence-corrected chi connectivity index (χ4v) is 3.27. The second-order valence-corrected chi connectivity index (χ2v) is 6.49. The van der Waals surface area contributed by atoms with Gasteiger partial charge in [-0.3, -0.25) is 14.2 Å². The Balaban J connectivity index is 1.63. The Labute approximate surface area is 144 Å². The number of hydrogen-bond acceptors (Lipinski definition) is 5. The highest BCUT2D eigenvalue weighted by atomic mass is 16.3. The maximum atomic E-state index is 12.7. The van der Waals surface area contributed by atoms with E-state index in [1.54, 1.807) is 6.07 Å². The Hall–Kier alpha value is -2.67. The molecule has 130 valence electrons. The lowest BCUT2D eigenvalue weighted by atomic mass is 10.2. The second-order valence-electron chi connectivity index (χ2n) is 6.49. The number of carbonyl (C=O) groups is 1. The molecular formula is C18H20N4O3. The third-order valence-corrected chi connectivity index (χ3v) is 4.73. The molecular weight excluding hydrogens is 320 g/mol. The van der Waals surface area contributed by atoms with E-state index in [-0.39, 0.29) is 23.6 Å². The summed E-state index contributed by atoms with van der Waals surface area (Å²) in [5.41, 5.74) is 1.05. The van der Waals surface area contributed by atoms with E-state index in [1.807, 2.05) is 23.1 Å². The number of amides is 1. The molecule has 1 aromatic carbocycles. The first kappa shape index (κ1) is 15.8. The summed E-state index contributed by atoms with van der Waals surface area (Å²) in [6.45, 7) is 3.23. The molecule has 3 aromatic rings. The normalized spacial score (nSPS) is 16.4. The van der Waals surface area contributed by atoms with Crippen LogP contribution in [-0.2, 0) is 11.3 Å². The second kappa shape index (κ2) is 6.33. The third kappa shape index (κ3) is 2.91. The number of furan rings is 1. The SMILES string of the molecule is CN1CCCN(C(=O)Cn2cnc3c(oc4ccccc43)c2=O)CC1. The van der Waals surface area contributed by atoms with Crippen molar-refractivity contribution in [3.05, 3.63) is 40.9 Å². The summed E-state index contributed by atoms with van der Waals surface area (Å²) in [6, 6.07) is 7.41. The van der Waals surface area contributed by atoms with Crippen molar-refractivity contribution in [2.75, 3.05) is 33.2 Å². The Bertz CT molecular complexity index is 991. The van der Waals surface area contributed by atoms with Gasteiger partial charge in [-0.05, 0) is 32.1 Å². The zero-order chi connectivity index (χ0) is 17.4. The maximum absolute atomic E-state index is 12.7. The fourth-order valence-electron chi connectivity index (χ4n) is 3.27. The first-order valence-corrected chi connectivity index (χ1v) is 8.46. The van der Waals surface area contributed by atoms with Gasteiger partial charge in [0.05, 0.1) is 6.33 Å². The van der Waals surface area contributed by atoms with E-state index in [4.69, 9.17) is 4.42 Å². The van der Waals surface area contributed by atoms with Crippen molar-refractivity contribution in [2.45, 2.75) is 13.0 Å². The lowest BCUT2D eigenvalue weighted by Gasteiger charge is -2.20. The Morgan fingerprint density at radius 1 is 1.20 bits per heavy atom. The third-order valence-electron chi connectivity index (χ3n) is 4.73. The number of carbonyl (C=O) groups excluding carboxylic acids is 1. The van der Waals surface area contributed by atoms with E-state index in [1.165, 1.54) is 10.9 Å². The van der Waals surface area contributed by atoms with Crippen LogP contribution in [-0.4, -0.2) is 58.5 Å². The van der Waals surface area contributed by atoms with E-state index in [0.717, 1.165) is 31.4 Å². The predicted molar refractivity (Wildman–Crippen MR) is 94.5 cm³/mol. The molecule has 7 heteroatoms. The molecule has 25 heavy (non-hydrogen) atoms. The van der Waals surface area contributed by atoms with Crippen LogP contribution in [0.25, 0.3) is 22.1 Å². The molecule has 0 spiro atoms. The van der Waals surface area contributed by atoms with E-state index in [2.05, 4.69) is 16.9 Å². The highest BCUT2D eigenvalue weighted by Gasteiger charge is 2.19. The minimum absolute atomic E-state index is 0.0114. The molecule has 4 rings (SSSR count).